The molecule has 0 bridgehead atoms. The number of anilines is 3. The van der Waals surface area contributed by atoms with Gasteiger partial charge in [-0.3, -0.25) is 14.2 Å². The number of fused-ring (bicyclic) bond motifs is 1. The fourth-order valence-electron chi connectivity index (χ4n) is 3.50. The monoisotopic (exact) mass is 519 g/mol. The molecule has 38 heavy (non-hydrogen) atoms. The van der Waals surface area contributed by atoms with Crippen LogP contribution in [-0.4, -0.2) is 64.7 Å². The van der Waals surface area contributed by atoms with Gasteiger partial charge in [-0.2, -0.15) is 9.97 Å². The van der Waals surface area contributed by atoms with E-state index in [1.54, 1.807) is 24.3 Å². The number of likely N-dealkylation sites (N-methyl/N-ethyl adjacent to an activating group) is 1. The van der Waals surface area contributed by atoms with E-state index in [-0.39, 0.29) is 17.0 Å². The molecule has 2 aromatic carbocycles. The highest BCUT2D eigenvalue weighted by molar-refractivity contribution is 6.00. The van der Waals surface area contributed by atoms with Crippen LogP contribution in [0.25, 0.3) is 16.7 Å². The highest BCUT2D eigenvalue weighted by Gasteiger charge is 2.16. The topological polar surface area (TPSA) is 124 Å². The van der Waals surface area contributed by atoms with Crippen molar-refractivity contribution < 1.29 is 18.7 Å². The second-order valence-electron chi connectivity index (χ2n) is 8.35. The number of hydrogen-bond acceptors (Lipinski definition) is 9. The molecular weight excluding hydrogens is 493 g/mol. The molecule has 0 aliphatic rings. The van der Waals surface area contributed by atoms with Crippen LogP contribution >= 0.6 is 0 Å². The van der Waals surface area contributed by atoms with Gasteiger partial charge in [-0.25, -0.2) is 9.37 Å². The molecule has 0 saturated heterocycles. The predicted octanol–water partition coefficient (Wildman–Crippen LogP) is 3.13. The lowest BCUT2D eigenvalue weighted by atomic mass is 10.2. The summed E-state index contributed by atoms with van der Waals surface area (Å²) in [6.45, 7) is 4.53. The molecule has 0 aliphatic carbocycles. The fourth-order valence-corrected chi connectivity index (χ4v) is 3.50. The number of nitrogens with zero attached hydrogens (tertiary/aromatic N) is 5. The first-order valence-corrected chi connectivity index (χ1v) is 11.5. The molecule has 0 spiro atoms. The molecule has 4 aromatic rings. The number of nitrogens with one attached hydrogen (secondary N) is 2. The number of amides is 1. The Balaban J connectivity index is 1.76. The predicted molar refractivity (Wildman–Crippen MR) is 142 cm³/mol. The molecule has 0 atom stereocenters. The van der Waals surface area contributed by atoms with Crippen LogP contribution in [0.1, 0.15) is 0 Å². The Labute approximate surface area is 217 Å². The Morgan fingerprint density at radius 1 is 1.18 bits per heavy atom. The summed E-state index contributed by atoms with van der Waals surface area (Å²) in [5.74, 6) is 0.0340. The average molecular weight is 520 g/mol. The highest BCUT2D eigenvalue weighted by atomic mass is 19.1. The lowest BCUT2D eigenvalue weighted by Gasteiger charge is -2.18. The van der Waals surface area contributed by atoms with Gasteiger partial charge in [-0.05, 0) is 44.4 Å². The average Bonchev–Trinajstić information content (AvgIpc) is 2.89. The normalized spacial score (nSPS) is 10.9. The van der Waals surface area contributed by atoms with Gasteiger partial charge in [-0.1, -0.05) is 12.6 Å². The molecule has 0 unspecified atom stereocenters. The molecule has 0 saturated carbocycles. The van der Waals surface area contributed by atoms with Crippen molar-refractivity contribution in [1.82, 2.24) is 24.4 Å². The van der Waals surface area contributed by atoms with E-state index in [1.165, 1.54) is 36.3 Å². The van der Waals surface area contributed by atoms with E-state index in [0.717, 1.165) is 6.08 Å². The molecule has 1 amide bonds. The van der Waals surface area contributed by atoms with Crippen LogP contribution < -0.4 is 25.7 Å². The third kappa shape index (κ3) is 5.93. The summed E-state index contributed by atoms with van der Waals surface area (Å²) in [6, 6.07) is 9.06. The molecule has 196 valence electrons. The van der Waals surface area contributed by atoms with Gasteiger partial charge in [0.2, 0.25) is 11.9 Å². The smallest absolute Gasteiger partial charge is 0.283 e. The number of methoxy groups -OCH3 is 1. The quantitative estimate of drug-likeness (QED) is 0.304. The van der Waals surface area contributed by atoms with Crippen molar-refractivity contribution >= 4 is 34.3 Å². The maximum Gasteiger partial charge on any atom is 0.283 e. The third-order valence-electron chi connectivity index (χ3n) is 5.39. The summed E-state index contributed by atoms with van der Waals surface area (Å²) in [5.41, 5.74) is 0.915. The summed E-state index contributed by atoms with van der Waals surface area (Å²) in [7, 11) is 5.33. The fraction of sp³-hybridized carbons (Fsp3) is 0.192. The Kier molecular flexibility index (Phi) is 7.92. The van der Waals surface area contributed by atoms with Crippen LogP contribution in [0.4, 0.5) is 21.7 Å². The minimum Gasteiger partial charge on any atom is -0.494 e. The largest absolute Gasteiger partial charge is 0.494 e. The number of hydrogen-bond donors (Lipinski definition) is 2. The SMILES string of the molecule is C=CC(=O)Nc1cc(Nc2ncc3c(=O)ncn(-c4cccc(F)c4)c3n2)c(OC)cc1OCCN(C)C. The summed E-state index contributed by atoms with van der Waals surface area (Å²) < 4.78 is 26.8. The first kappa shape index (κ1) is 26.2. The van der Waals surface area contributed by atoms with Crippen molar-refractivity contribution in [2.75, 3.05) is 45.0 Å². The minimum absolute atomic E-state index is 0.119. The zero-order chi connectivity index (χ0) is 27.2. The van der Waals surface area contributed by atoms with Crippen molar-refractivity contribution in [1.29, 1.82) is 0 Å². The Bertz CT molecular complexity index is 1550. The zero-order valence-corrected chi connectivity index (χ0v) is 21.1. The lowest BCUT2D eigenvalue weighted by molar-refractivity contribution is -0.111. The molecule has 12 heteroatoms. The molecule has 2 aromatic heterocycles. The van der Waals surface area contributed by atoms with Gasteiger partial charge in [0.05, 0.1) is 24.2 Å². The van der Waals surface area contributed by atoms with Crippen LogP contribution in [0.15, 0.2) is 66.4 Å². The van der Waals surface area contributed by atoms with E-state index in [2.05, 4.69) is 32.2 Å². The molecule has 11 nitrogen and oxygen atoms in total. The highest BCUT2D eigenvalue weighted by Crippen LogP contribution is 2.38. The number of halogens is 1. The summed E-state index contributed by atoms with van der Waals surface area (Å²) in [6.07, 6.45) is 3.76. The molecular formula is C26H26FN7O4. The van der Waals surface area contributed by atoms with Gasteiger partial charge < -0.3 is 25.0 Å². The molecule has 2 N–H and O–H groups in total. The first-order valence-electron chi connectivity index (χ1n) is 11.5. The maximum absolute atomic E-state index is 13.9. The molecule has 4 rings (SSSR count). The Morgan fingerprint density at radius 2 is 2.00 bits per heavy atom. The van der Waals surface area contributed by atoms with Crippen LogP contribution in [0.3, 0.4) is 0 Å². The van der Waals surface area contributed by atoms with Crippen molar-refractivity contribution in [3.05, 3.63) is 77.7 Å². The molecule has 0 radical (unpaired) electrons. The van der Waals surface area contributed by atoms with Gasteiger partial charge in [0.25, 0.3) is 5.56 Å². The number of carbonyl (C=O) groups is 1. The number of ether oxygens (including phenoxy) is 2. The van der Waals surface area contributed by atoms with Crippen molar-refractivity contribution in [2.45, 2.75) is 0 Å². The van der Waals surface area contributed by atoms with Gasteiger partial charge in [0.1, 0.15) is 35.6 Å². The van der Waals surface area contributed by atoms with E-state index >= 15 is 0 Å². The van der Waals surface area contributed by atoms with Crippen LogP contribution in [-0.2, 0) is 4.79 Å². The lowest BCUT2D eigenvalue weighted by Crippen LogP contribution is -2.20. The van der Waals surface area contributed by atoms with Crippen molar-refractivity contribution in [3.8, 4) is 17.2 Å². The maximum atomic E-state index is 13.9. The second-order valence-corrected chi connectivity index (χ2v) is 8.35. The molecule has 0 aliphatic heterocycles. The third-order valence-corrected chi connectivity index (χ3v) is 5.39. The number of rotatable bonds is 10. The number of carbonyl (C=O) groups excluding carboxylic acids is 1. The minimum atomic E-state index is -0.523. The van der Waals surface area contributed by atoms with Gasteiger partial charge in [0, 0.05) is 18.8 Å². The molecule has 2 heterocycles. The van der Waals surface area contributed by atoms with E-state index in [9.17, 15) is 14.0 Å². The van der Waals surface area contributed by atoms with Crippen molar-refractivity contribution in [3.63, 3.8) is 0 Å². The standard InChI is InChI=1S/C26H26FN7O4/c1-5-23(35)30-20-12-19(21(37-4)13-22(20)38-10-9-33(2)3)31-26-28-14-18-24(32-26)34(15-29-25(18)36)17-8-6-7-16(27)11-17/h5-8,11-15H,1,9-10H2,2-4H3,(H,30,35)(H,28,31,32). The van der Waals surface area contributed by atoms with Crippen LogP contribution in [0.5, 0.6) is 11.5 Å². The van der Waals surface area contributed by atoms with E-state index in [4.69, 9.17) is 9.47 Å². The first-order chi connectivity index (χ1) is 18.3. The van der Waals surface area contributed by atoms with Gasteiger partial charge in [0.15, 0.2) is 5.65 Å². The van der Waals surface area contributed by atoms with E-state index < -0.39 is 17.3 Å². The summed E-state index contributed by atoms with van der Waals surface area (Å²) in [5, 5.41) is 5.94. The molecule has 0 fully saturated rings. The van der Waals surface area contributed by atoms with Crippen molar-refractivity contribution in [2.24, 2.45) is 0 Å². The van der Waals surface area contributed by atoms with Gasteiger partial charge >= 0.3 is 0 Å². The number of aromatic nitrogens is 4. The van der Waals surface area contributed by atoms with Gasteiger partial charge in [-0.15, -0.1) is 0 Å². The second kappa shape index (κ2) is 11.5. The van der Waals surface area contributed by atoms with E-state index in [0.29, 0.717) is 41.7 Å². The zero-order valence-electron chi connectivity index (χ0n) is 21.1. The van der Waals surface area contributed by atoms with E-state index in [1.807, 2.05) is 19.0 Å². The van der Waals surface area contributed by atoms with Crippen LogP contribution in [0, 0.1) is 5.82 Å². The Morgan fingerprint density at radius 3 is 2.71 bits per heavy atom. The summed E-state index contributed by atoms with van der Waals surface area (Å²) >= 11 is 0. The number of benzene rings is 2. The Hall–Kier alpha value is -4.84. The van der Waals surface area contributed by atoms with Crippen LogP contribution in [0.2, 0.25) is 0 Å². The summed E-state index contributed by atoms with van der Waals surface area (Å²) in [4.78, 5) is 39.0.